The minimum absolute atomic E-state index is 0.130. The average Bonchev–Trinajstić information content (AvgIpc) is 2.94. The smallest absolute Gasteiger partial charge is 0.127 e. The maximum Gasteiger partial charge on any atom is 0.127 e. The van der Waals surface area contributed by atoms with Crippen LogP contribution in [0.1, 0.15) is 45.3 Å². The van der Waals surface area contributed by atoms with Crippen LogP contribution < -0.4 is 0 Å². The molecule has 0 saturated heterocycles. The number of carbonyl (C=O) groups is 1. The molecule has 0 N–H and O–H groups in total. The molecule has 0 aromatic carbocycles. The summed E-state index contributed by atoms with van der Waals surface area (Å²) in [6, 6.07) is 3.92. The molecule has 1 fully saturated rings. The summed E-state index contributed by atoms with van der Waals surface area (Å²) in [5.41, 5.74) is -0.130. The summed E-state index contributed by atoms with van der Waals surface area (Å²) in [5.74, 6) is 1.75. The molecule has 1 aromatic heterocycles. The molecule has 0 bridgehead atoms. The molecule has 0 spiro atoms. The molecule has 1 heterocycles. The van der Waals surface area contributed by atoms with Gasteiger partial charge in [-0.15, -0.1) is 0 Å². The second-order valence-corrected chi connectivity index (χ2v) is 6.05. The topological polar surface area (TPSA) is 33.5 Å². The van der Waals surface area contributed by atoms with Crippen LogP contribution in [0, 0.1) is 11.3 Å². The average molecular weight is 263 g/mol. The van der Waals surface area contributed by atoms with Crippen LogP contribution in [0.15, 0.2) is 22.8 Å². The Bertz CT molecular complexity index is 377. The van der Waals surface area contributed by atoms with Crippen LogP contribution in [-0.2, 0) is 11.3 Å². The zero-order valence-electron chi connectivity index (χ0n) is 12.1. The molecule has 1 aromatic rings. The van der Waals surface area contributed by atoms with Gasteiger partial charge in [0.25, 0.3) is 0 Å². The van der Waals surface area contributed by atoms with Crippen LogP contribution in [0.3, 0.4) is 0 Å². The summed E-state index contributed by atoms with van der Waals surface area (Å²) < 4.78 is 5.41. The fourth-order valence-corrected chi connectivity index (χ4v) is 3.00. The zero-order valence-corrected chi connectivity index (χ0v) is 12.1. The highest BCUT2D eigenvalue weighted by molar-refractivity contribution is 5.60. The van der Waals surface area contributed by atoms with Crippen molar-refractivity contribution in [3.05, 3.63) is 24.2 Å². The molecule has 1 saturated carbocycles. The second-order valence-electron chi connectivity index (χ2n) is 6.05. The molecule has 106 valence electrons. The van der Waals surface area contributed by atoms with Gasteiger partial charge in [0.1, 0.15) is 12.0 Å². The molecule has 2 rings (SSSR count). The number of hydrogen-bond donors (Lipinski definition) is 0. The monoisotopic (exact) mass is 263 g/mol. The van der Waals surface area contributed by atoms with Crippen molar-refractivity contribution in [1.82, 2.24) is 4.90 Å². The first-order chi connectivity index (χ1) is 9.17. The Morgan fingerprint density at radius 1 is 1.47 bits per heavy atom. The van der Waals surface area contributed by atoms with Gasteiger partial charge < -0.3 is 9.21 Å². The molecule has 1 aliphatic carbocycles. The fraction of sp³-hybridized carbons (Fsp3) is 0.688. The lowest BCUT2D eigenvalue weighted by Crippen LogP contribution is -2.41. The van der Waals surface area contributed by atoms with Gasteiger partial charge in [-0.2, -0.15) is 0 Å². The lowest BCUT2D eigenvalue weighted by molar-refractivity contribution is -0.119. The second kappa shape index (κ2) is 6.38. The molecular formula is C16H25NO2. The van der Waals surface area contributed by atoms with Crippen LogP contribution in [0.4, 0.5) is 0 Å². The molecule has 0 atom stereocenters. The van der Waals surface area contributed by atoms with Gasteiger partial charge in [-0.25, -0.2) is 0 Å². The van der Waals surface area contributed by atoms with E-state index in [1.54, 1.807) is 6.26 Å². The number of nitrogens with zero attached hydrogens (tertiary/aromatic N) is 1. The van der Waals surface area contributed by atoms with Gasteiger partial charge in [-0.05, 0) is 50.3 Å². The summed E-state index contributed by atoms with van der Waals surface area (Å²) in [7, 11) is 0. The molecule has 0 amide bonds. The predicted octanol–water partition coefficient (Wildman–Crippen LogP) is 3.50. The van der Waals surface area contributed by atoms with E-state index < -0.39 is 0 Å². The Morgan fingerprint density at radius 3 is 2.74 bits per heavy atom. The molecule has 3 heteroatoms. The van der Waals surface area contributed by atoms with E-state index in [1.807, 2.05) is 12.1 Å². The third kappa shape index (κ3) is 3.69. The van der Waals surface area contributed by atoms with Gasteiger partial charge in [-0.1, -0.05) is 13.8 Å². The van der Waals surface area contributed by atoms with E-state index in [9.17, 15) is 4.79 Å². The van der Waals surface area contributed by atoms with Crippen molar-refractivity contribution in [1.29, 1.82) is 0 Å². The van der Waals surface area contributed by atoms with Gasteiger partial charge in [0.2, 0.25) is 0 Å². The largest absolute Gasteiger partial charge is 0.468 e. The van der Waals surface area contributed by atoms with E-state index in [2.05, 4.69) is 18.7 Å². The third-order valence-electron chi connectivity index (χ3n) is 4.47. The minimum Gasteiger partial charge on any atom is -0.468 e. The van der Waals surface area contributed by atoms with E-state index in [0.29, 0.717) is 0 Å². The highest BCUT2D eigenvalue weighted by atomic mass is 16.3. The number of hydrogen-bond acceptors (Lipinski definition) is 3. The van der Waals surface area contributed by atoms with Crippen LogP contribution in [0.5, 0.6) is 0 Å². The Labute approximate surface area is 116 Å². The van der Waals surface area contributed by atoms with E-state index in [1.165, 1.54) is 19.1 Å². The Hall–Kier alpha value is -1.09. The molecule has 0 radical (unpaired) electrons. The first-order valence-electron chi connectivity index (χ1n) is 7.38. The van der Waals surface area contributed by atoms with E-state index >= 15 is 0 Å². The highest BCUT2D eigenvalue weighted by Crippen LogP contribution is 2.38. The van der Waals surface area contributed by atoms with Crippen molar-refractivity contribution in [2.24, 2.45) is 11.3 Å². The SMILES string of the molecule is CCN(Cc1ccco1)CC1(C=O)CCC(C)CC1. The first kappa shape index (κ1) is 14.3. The van der Waals surface area contributed by atoms with Crippen LogP contribution in [0.2, 0.25) is 0 Å². The Kier molecular flexibility index (Phi) is 4.81. The lowest BCUT2D eigenvalue weighted by Gasteiger charge is -2.38. The van der Waals surface area contributed by atoms with E-state index in [4.69, 9.17) is 4.42 Å². The summed E-state index contributed by atoms with van der Waals surface area (Å²) in [4.78, 5) is 13.9. The van der Waals surface area contributed by atoms with Crippen LogP contribution >= 0.6 is 0 Å². The van der Waals surface area contributed by atoms with E-state index in [0.717, 1.165) is 44.2 Å². The zero-order chi connectivity index (χ0) is 13.7. The Balaban J connectivity index is 1.97. The maximum absolute atomic E-state index is 11.6. The quantitative estimate of drug-likeness (QED) is 0.737. The maximum atomic E-state index is 11.6. The Morgan fingerprint density at radius 2 is 2.21 bits per heavy atom. The van der Waals surface area contributed by atoms with Gasteiger partial charge in [0.05, 0.1) is 12.8 Å². The first-order valence-corrected chi connectivity index (χ1v) is 7.38. The molecule has 0 unspecified atom stereocenters. The standard InChI is InChI=1S/C16H25NO2/c1-3-17(11-15-5-4-10-19-15)12-16(13-18)8-6-14(2)7-9-16/h4-5,10,13-14H,3,6-9,11-12H2,1-2H3. The molecule has 1 aliphatic rings. The summed E-state index contributed by atoms with van der Waals surface area (Å²) in [6.45, 7) is 7.04. The predicted molar refractivity (Wildman–Crippen MR) is 75.8 cm³/mol. The van der Waals surface area contributed by atoms with Gasteiger partial charge in [-0.3, -0.25) is 4.90 Å². The van der Waals surface area contributed by atoms with E-state index in [-0.39, 0.29) is 5.41 Å². The van der Waals surface area contributed by atoms with Crippen LogP contribution in [-0.4, -0.2) is 24.3 Å². The van der Waals surface area contributed by atoms with Gasteiger partial charge >= 0.3 is 0 Å². The summed E-state index contributed by atoms with van der Waals surface area (Å²) >= 11 is 0. The number of rotatable bonds is 6. The normalized spacial score (nSPS) is 27.6. The van der Waals surface area contributed by atoms with Crippen molar-refractivity contribution in [2.45, 2.75) is 46.1 Å². The van der Waals surface area contributed by atoms with Crippen molar-refractivity contribution < 1.29 is 9.21 Å². The van der Waals surface area contributed by atoms with Crippen molar-refractivity contribution in [2.75, 3.05) is 13.1 Å². The minimum atomic E-state index is -0.130. The lowest BCUT2D eigenvalue weighted by atomic mass is 9.71. The van der Waals surface area contributed by atoms with Crippen molar-refractivity contribution >= 4 is 6.29 Å². The van der Waals surface area contributed by atoms with Gasteiger partial charge in [0.15, 0.2) is 0 Å². The molecule has 3 nitrogen and oxygen atoms in total. The summed E-state index contributed by atoms with van der Waals surface area (Å²) in [5, 5.41) is 0. The number of aldehydes is 1. The number of furan rings is 1. The van der Waals surface area contributed by atoms with Crippen LogP contribution in [0.25, 0.3) is 0 Å². The van der Waals surface area contributed by atoms with Gasteiger partial charge in [0, 0.05) is 12.0 Å². The molecular weight excluding hydrogens is 238 g/mol. The molecule has 0 aliphatic heterocycles. The van der Waals surface area contributed by atoms with Crippen molar-refractivity contribution in [3.63, 3.8) is 0 Å². The third-order valence-corrected chi connectivity index (χ3v) is 4.47. The van der Waals surface area contributed by atoms with Crippen molar-refractivity contribution in [3.8, 4) is 0 Å². The fourth-order valence-electron chi connectivity index (χ4n) is 3.00. The summed E-state index contributed by atoms with van der Waals surface area (Å²) in [6.07, 6.45) is 7.34. The number of carbonyl (C=O) groups excluding carboxylic acids is 1. The highest BCUT2D eigenvalue weighted by Gasteiger charge is 2.35. The molecule has 19 heavy (non-hydrogen) atoms.